The summed E-state index contributed by atoms with van der Waals surface area (Å²) in [5, 5.41) is 0. The second-order valence-corrected chi connectivity index (χ2v) is 40.0. The van der Waals surface area contributed by atoms with E-state index in [4.69, 9.17) is 13.6 Å². The van der Waals surface area contributed by atoms with Crippen molar-refractivity contribution in [3.05, 3.63) is 0 Å². The molecule has 0 saturated carbocycles. The molecule has 113 heavy (non-hydrogen) atoms. The number of hydrogen-bond donors (Lipinski definition) is 0. The van der Waals surface area contributed by atoms with Crippen molar-refractivity contribution in [1.82, 2.24) is 0 Å². The van der Waals surface area contributed by atoms with Gasteiger partial charge >= 0.3 is 7.82 Å². The summed E-state index contributed by atoms with van der Waals surface area (Å²) in [6.45, 7) is 21.2. The third-order valence-electron chi connectivity index (χ3n) is 26.9. The first-order valence-corrected chi connectivity index (χ1v) is 55.8. The van der Waals surface area contributed by atoms with Crippen LogP contribution in [-0.2, 0) is 18.1 Å². The number of unbranched alkanes of at least 4 members (excludes halogenated alkanes) is 78. The van der Waals surface area contributed by atoms with Crippen molar-refractivity contribution < 1.29 is 18.1 Å². The zero-order chi connectivity index (χ0) is 82.0. The molecule has 0 N–H and O–H groups in total. The molecule has 0 saturated heterocycles. The molecule has 0 aromatic rings. The highest BCUT2D eigenvalue weighted by Crippen LogP contribution is 2.63. The predicted molar refractivity (Wildman–Crippen MR) is 513 cm³/mol. The molecule has 0 aliphatic rings. The minimum Gasteiger partial charge on any atom is -0.280 e. The Hall–Kier alpha value is 0.110. The first-order valence-electron chi connectivity index (χ1n) is 54.4. The van der Waals surface area contributed by atoms with Crippen LogP contribution in [-0.4, -0.2) is 16.8 Å². The summed E-state index contributed by atoms with van der Waals surface area (Å²) in [5.74, 6) is 0. The molecular weight excluding hydrogens is 1390 g/mol. The van der Waals surface area contributed by atoms with Gasteiger partial charge in [-0.25, -0.2) is 4.57 Å². The monoisotopic (exact) mass is 1610 g/mol. The van der Waals surface area contributed by atoms with Crippen molar-refractivity contribution in [2.45, 2.75) is 696 Å². The Balaban J connectivity index is 7.64. The average Bonchev–Trinajstić information content (AvgIpc) is 0.777. The Morgan fingerprint density at radius 3 is 0.301 bits per heavy atom. The van der Waals surface area contributed by atoms with Crippen LogP contribution in [0.1, 0.15) is 679 Å². The van der Waals surface area contributed by atoms with Crippen LogP contribution in [0.3, 0.4) is 0 Å². The van der Waals surface area contributed by atoms with Gasteiger partial charge in [0.05, 0.1) is 16.8 Å². The summed E-state index contributed by atoms with van der Waals surface area (Å²) in [4.78, 5) is 0. The molecule has 0 aliphatic carbocycles. The van der Waals surface area contributed by atoms with E-state index in [1.807, 2.05) is 0 Å². The van der Waals surface area contributed by atoms with E-state index in [0.717, 1.165) is 116 Å². The highest BCUT2D eigenvalue weighted by Gasteiger charge is 2.50. The summed E-state index contributed by atoms with van der Waals surface area (Å²) in [6.07, 6.45) is 126. The van der Waals surface area contributed by atoms with Gasteiger partial charge in [0.25, 0.3) is 0 Å². The standard InChI is InChI=1S/C108H219O4P/c1-10-19-25-31-37-43-49-55-61-67-73-79-85-91-100-106(97-16-7,101-92-86-80-74-68-62-56-50-44-38-32-26-20-11-2)110-113(109,111-107(98-17-8,102-93-87-81-75-69-63-57-51-45-39-33-27-21-12-3)103-94-88-82-76-70-64-58-52-46-40-34-28-22-13-4)112-108(99-18-9,104-95-89-83-77-71-65-59-53-47-41-35-29-23-14-5)105-96-90-84-78-72-66-60-54-48-42-36-30-24-15-6/h10-105H2,1-9H3. The van der Waals surface area contributed by atoms with Gasteiger partial charge in [-0.3, -0.25) is 13.6 Å². The maximum Gasteiger partial charge on any atom is 0.476 e. The maximum absolute atomic E-state index is 17.9. The van der Waals surface area contributed by atoms with Crippen LogP contribution in [0.15, 0.2) is 0 Å². The molecule has 5 heteroatoms. The smallest absolute Gasteiger partial charge is 0.280 e. The first-order chi connectivity index (χ1) is 55.7. The average molecular weight is 1610 g/mol. The quantitative estimate of drug-likeness (QED) is 0.0450. The fraction of sp³-hybridized carbons (Fsp3) is 1.00. The zero-order valence-corrected chi connectivity index (χ0v) is 81.4. The number of hydrogen-bond acceptors (Lipinski definition) is 4. The zero-order valence-electron chi connectivity index (χ0n) is 80.5. The highest BCUT2D eigenvalue weighted by atomic mass is 31.2. The molecule has 0 bridgehead atoms. The lowest BCUT2D eigenvalue weighted by Crippen LogP contribution is -2.40. The summed E-state index contributed by atoms with van der Waals surface area (Å²) in [5.41, 5.74) is -1.58. The Bertz CT molecular complexity index is 1500. The van der Waals surface area contributed by atoms with Crippen LogP contribution in [0.25, 0.3) is 0 Å². The van der Waals surface area contributed by atoms with E-state index in [0.29, 0.717) is 0 Å². The molecule has 680 valence electrons. The maximum atomic E-state index is 17.9. The van der Waals surface area contributed by atoms with Crippen molar-refractivity contribution >= 4 is 7.82 Å². The van der Waals surface area contributed by atoms with E-state index in [-0.39, 0.29) is 0 Å². The number of rotatable bonds is 102. The molecule has 0 atom stereocenters. The first kappa shape index (κ1) is 113. The summed E-state index contributed by atoms with van der Waals surface area (Å²) in [7, 11) is -4.20. The fourth-order valence-electron chi connectivity index (χ4n) is 19.5. The molecule has 0 aliphatic heterocycles. The highest BCUT2D eigenvalue weighted by molar-refractivity contribution is 7.48. The Labute approximate surface area is 717 Å². The second kappa shape index (κ2) is 91.3. The van der Waals surface area contributed by atoms with Gasteiger partial charge in [-0.2, -0.15) is 0 Å². The minimum atomic E-state index is -4.20. The van der Waals surface area contributed by atoms with Gasteiger partial charge in [-0.15, -0.1) is 0 Å². The molecule has 0 radical (unpaired) electrons. The number of phosphoric acid groups is 1. The van der Waals surface area contributed by atoms with E-state index in [2.05, 4.69) is 62.3 Å². The van der Waals surface area contributed by atoms with Gasteiger partial charge in [0.1, 0.15) is 0 Å². The van der Waals surface area contributed by atoms with Crippen LogP contribution in [0, 0.1) is 0 Å². The molecule has 0 spiro atoms. The second-order valence-electron chi connectivity index (χ2n) is 38.6. The summed E-state index contributed by atoms with van der Waals surface area (Å²) >= 11 is 0. The van der Waals surface area contributed by atoms with Gasteiger partial charge in [0.15, 0.2) is 0 Å². The molecule has 0 unspecified atom stereocenters. The minimum absolute atomic E-state index is 0.525. The third-order valence-corrected chi connectivity index (χ3v) is 28.8. The van der Waals surface area contributed by atoms with Gasteiger partial charge in [-0.05, 0) is 57.8 Å². The van der Waals surface area contributed by atoms with Crippen molar-refractivity contribution in [3.8, 4) is 0 Å². The van der Waals surface area contributed by atoms with Crippen molar-refractivity contribution in [3.63, 3.8) is 0 Å². The van der Waals surface area contributed by atoms with Crippen molar-refractivity contribution in [2.75, 3.05) is 0 Å². The normalized spacial score (nSPS) is 12.5. The SMILES string of the molecule is CCCCCCCCCCCCCCCCC(CCC)(CCCCCCCCCCCCCCCC)OP(=O)(OC(CCC)(CCCCCCCCCCCCCCCC)CCCCCCCCCCCCCCCC)OC(CCC)(CCCCCCCCCCCCCCCC)CCCCCCCCCCCCCCCC. The number of phosphoric ester groups is 1. The molecule has 4 nitrogen and oxygen atoms in total. The molecule has 0 fully saturated rings. The van der Waals surface area contributed by atoms with Crippen LogP contribution in [0.4, 0.5) is 0 Å². The Morgan fingerprint density at radius 2 is 0.212 bits per heavy atom. The topological polar surface area (TPSA) is 44.8 Å². The van der Waals surface area contributed by atoms with Crippen LogP contribution in [0.2, 0.25) is 0 Å². The molecular formula is C108H219O4P. The molecule has 0 aromatic carbocycles. The fourth-order valence-corrected chi connectivity index (χ4v) is 21.9. The largest absolute Gasteiger partial charge is 0.476 e. The molecule has 0 heterocycles. The van der Waals surface area contributed by atoms with Crippen LogP contribution >= 0.6 is 7.82 Å². The van der Waals surface area contributed by atoms with E-state index in [1.165, 1.54) is 501 Å². The van der Waals surface area contributed by atoms with E-state index in [9.17, 15) is 0 Å². The molecule has 0 rings (SSSR count). The molecule has 0 amide bonds. The van der Waals surface area contributed by atoms with Crippen molar-refractivity contribution in [2.24, 2.45) is 0 Å². The van der Waals surface area contributed by atoms with Crippen molar-refractivity contribution in [1.29, 1.82) is 0 Å². The van der Waals surface area contributed by atoms with E-state index < -0.39 is 24.6 Å². The summed E-state index contributed by atoms with van der Waals surface area (Å²) in [6, 6.07) is 0. The van der Waals surface area contributed by atoms with Crippen LogP contribution in [0.5, 0.6) is 0 Å². The van der Waals surface area contributed by atoms with Gasteiger partial charge in [0.2, 0.25) is 0 Å². The van der Waals surface area contributed by atoms with Gasteiger partial charge in [0, 0.05) is 0 Å². The van der Waals surface area contributed by atoms with Gasteiger partial charge in [-0.1, -0.05) is 621 Å². The lowest BCUT2D eigenvalue weighted by molar-refractivity contribution is -0.0900. The van der Waals surface area contributed by atoms with Gasteiger partial charge < -0.3 is 0 Å². The third kappa shape index (κ3) is 77.9. The Kier molecular flexibility index (Phi) is 91.4. The lowest BCUT2D eigenvalue weighted by Gasteiger charge is -2.45. The Morgan fingerprint density at radius 1 is 0.124 bits per heavy atom. The van der Waals surface area contributed by atoms with E-state index in [1.54, 1.807) is 0 Å². The van der Waals surface area contributed by atoms with Crippen LogP contribution < -0.4 is 0 Å². The van der Waals surface area contributed by atoms with E-state index >= 15 is 4.57 Å². The predicted octanol–water partition coefficient (Wildman–Crippen LogP) is 42.0. The molecule has 0 aromatic heterocycles. The lowest BCUT2D eigenvalue weighted by atomic mass is 9.86. The summed E-state index contributed by atoms with van der Waals surface area (Å²) < 4.78 is 42.2.